The van der Waals surface area contributed by atoms with Gasteiger partial charge in [-0.05, 0) is 19.1 Å². The van der Waals surface area contributed by atoms with Gasteiger partial charge in [0.05, 0.1) is 28.3 Å². The number of rotatable bonds is 5. The number of aryl methyl sites for hydroxylation is 2. The summed E-state index contributed by atoms with van der Waals surface area (Å²) in [5.41, 5.74) is 1.03. The molecule has 2 rings (SSSR count). The minimum atomic E-state index is -3.55. The van der Waals surface area contributed by atoms with E-state index in [2.05, 4.69) is 9.84 Å². The summed E-state index contributed by atoms with van der Waals surface area (Å²) in [6, 6.07) is 4.35. The zero-order valence-corrected chi connectivity index (χ0v) is 15.2. The lowest BCUT2D eigenvalue weighted by Gasteiger charge is -2.14. The summed E-state index contributed by atoms with van der Waals surface area (Å²) in [4.78, 5) is 11.8. The van der Waals surface area contributed by atoms with Gasteiger partial charge in [0.25, 0.3) is 0 Å². The fraction of sp³-hybridized carbons (Fsp3) is 0.333. The minimum absolute atomic E-state index is 0.000886. The lowest BCUT2D eigenvalue weighted by Crippen LogP contribution is -2.11. The number of sulfone groups is 1. The second-order valence-electron chi connectivity index (χ2n) is 5.20. The highest BCUT2D eigenvalue weighted by Gasteiger charge is 2.22. The fourth-order valence-corrected chi connectivity index (χ4v) is 3.50. The van der Waals surface area contributed by atoms with Gasteiger partial charge in [0.15, 0.2) is 9.84 Å². The molecule has 7 nitrogen and oxygen atoms in total. The van der Waals surface area contributed by atoms with Gasteiger partial charge < -0.3 is 9.47 Å². The zero-order chi connectivity index (χ0) is 18.1. The number of carbonyl (C=O) groups is 1. The molecule has 0 saturated carbocycles. The van der Waals surface area contributed by atoms with E-state index in [0.717, 1.165) is 11.9 Å². The van der Waals surface area contributed by atoms with Crippen molar-refractivity contribution in [3.8, 4) is 5.88 Å². The summed E-state index contributed by atoms with van der Waals surface area (Å²) in [5.74, 6) is -0.204. The lowest BCUT2D eigenvalue weighted by atomic mass is 10.1. The number of halogens is 1. The summed E-state index contributed by atoms with van der Waals surface area (Å²) in [7, 11) is -0.633. The fourth-order valence-electron chi connectivity index (χ4n) is 2.22. The van der Waals surface area contributed by atoms with Gasteiger partial charge in [-0.25, -0.2) is 17.9 Å². The van der Waals surface area contributed by atoms with Crippen molar-refractivity contribution < 1.29 is 22.7 Å². The first-order chi connectivity index (χ1) is 11.1. The van der Waals surface area contributed by atoms with Crippen LogP contribution < -0.4 is 4.74 Å². The maximum absolute atomic E-state index is 12.0. The molecule has 0 radical (unpaired) electrons. The molecule has 0 amide bonds. The Labute approximate surface area is 145 Å². The lowest BCUT2D eigenvalue weighted by molar-refractivity contribution is 0.0600. The number of hydrogen-bond acceptors (Lipinski definition) is 6. The van der Waals surface area contributed by atoms with Crippen molar-refractivity contribution in [2.24, 2.45) is 7.05 Å². The average molecular weight is 373 g/mol. The number of ether oxygens (including phenoxy) is 2. The molecule has 9 heteroatoms. The van der Waals surface area contributed by atoms with Crippen LogP contribution in [-0.4, -0.2) is 37.5 Å². The number of carbonyl (C=O) groups excluding carboxylic acids is 1. The number of nitrogens with zero attached hydrogens (tertiary/aromatic N) is 2. The molecule has 0 fully saturated rings. The maximum Gasteiger partial charge on any atom is 0.339 e. The first-order valence-corrected chi connectivity index (χ1v) is 9.15. The molecule has 1 aromatic heterocycles. The van der Waals surface area contributed by atoms with Crippen molar-refractivity contribution >= 4 is 27.4 Å². The van der Waals surface area contributed by atoms with E-state index >= 15 is 0 Å². The normalized spacial score (nSPS) is 11.4. The molecule has 0 atom stereocenters. The van der Waals surface area contributed by atoms with E-state index in [9.17, 15) is 13.2 Å². The summed E-state index contributed by atoms with van der Waals surface area (Å²) < 4.78 is 35.8. The predicted molar refractivity (Wildman–Crippen MR) is 88.2 cm³/mol. The molecule has 0 bridgehead atoms. The molecular weight excluding hydrogens is 356 g/mol. The first-order valence-electron chi connectivity index (χ1n) is 6.88. The topological polar surface area (TPSA) is 87.5 Å². The quantitative estimate of drug-likeness (QED) is 0.747. The molecule has 0 N–H and O–H groups in total. The van der Waals surface area contributed by atoms with E-state index in [1.807, 2.05) is 0 Å². The van der Waals surface area contributed by atoms with Gasteiger partial charge in [-0.1, -0.05) is 11.6 Å². The largest absolute Gasteiger partial charge is 0.473 e. The molecule has 2 aromatic rings. The highest BCUT2D eigenvalue weighted by molar-refractivity contribution is 7.90. The number of benzene rings is 1. The number of esters is 1. The molecule has 0 unspecified atom stereocenters. The third-order valence-corrected chi connectivity index (χ3v) is 4.94. The van der Waals surface area contributed by atoms with Crippen molar-refractivity contribution in [3.05, 3.63) is 40.0 Å². The Morgan fingerprint density at radius 1 is 1.38 bits per heavy atom. The molecule has 24 heavy (non-hydrogen) atoms. The van der Waals surface area contributed by atoms with Gasteiger partial charge in [-0.15, -0.1) is 0 Å². The molecule has 0 spiro atoms. The van der Waals surface area contributed by atoms with E-state index in [0.29, 0.717) is 5.88 Å². The first kappa shape index (κ1) is 18.3. The van der Waals surface area contributed by atoms with Gasteiger partial charge >= 0.3 is 5.97 Å². The molecular formula is C15H17ClN2O5S. The molecule has 0 aliphatic carbocycles. The van der Waals surface area contributed by atoms with Crippen LogP contribution in [0.3, 0.4) is 0 Å². The highest BCUT2D eigenvalue weighted by atomic mass is 35.5. The van der Waals surface area contributed by atoms with Crippen LogP contribution in [0.1, 0.15) is 21.6 Å². The number of aromatic nitrogens is 2. The molecule has 1 aromatic carbocycles. The number of methoxy groups -OCH3 is 1. The van der Waals surface area contributed by atoms with Crippen LogP contribution in [-0.2, 0) is 28.2 Å². The Bertz CT molecular complexity index is 890. The summed E-state index contributed by atoms with van der Waals surface area (Å²) in [6.07, 6.45) is 1.06. The maximum atomic E-state index is 12.0. The van der Waals surface area contributed by atoms with Crippen LogP contribution in [0.4, 0.5) is 0 Å². The molecule has 0 saturated heterocycles. The third-order valence-electron chi connectivity index (χ3n) is 3.33. The Balaban J connectivity index is 2.48. The third kappa shape index (κ3) is 3.70. The van der Waals surface area contributed by atoms with E-state index < -0.39 is 15.8 Å². The van der Waals surface area contributed by atoms with Crippen LogP contribution in [0, 0.1) is 6.92 Å². The highest BCUT2D eigenvalue weighted by Crippen LogP contribution is 2.29. The van der Waals surface area contributed by atoms with Crippen LogP contribution in [0.5, 0.6) is 5.88 Å². The van der Waals surface area contributed by atoms with E-state index in [-0.39, 0.29) is 27.7 Å². The van der Waals surface area contributed by atoms with E-state index in [4.69, 9.17) is 16.3 Å². The van der Waals surface area contributed by atoms with Crippen molar-refractivity contribution in [2.75, 3.05) is 13.4 Å². The van der Waals surface area contributed by atoms with Gasteiger partial charge in [-0.2, -0.15) is 5.10 Å². The van der Waals surface area contributed by atoms with Gasteiger partial charge in [-0.3, -0.25) is 0 Å². The second-order valence-corrected chi connectivity index (χ2v) is 7.57. The van der Waals surface area contributed by atoms with Crippen molar-refractivity contribution in [1.29, 1.82) is 0 Å². The minimum Gasteiger partial charge on any atom is -0.473 e. The Morgan fingerprint density at radius 3 is 2.54 bits per heavy atom. The standard InChI is InChI=1S/C15H17ClN2O5S/c1-9-7-13(18(2)17-9)23-8-11-12(24(4,20)21)6-5-10(14(11)16)15(19)22-3/h5-7H,8H2,1-4H3. The van der Waals surface area contributed by atoms with Crippen LogP contribution in [0.2, 0.25) is 5.02 Å². The summed E-state index contributed by atoms with van der Waals surface area (Å²) in [6.45, 7) is 1.67. The van der Waals surface area contributed by atoms with E-state index in [1.165, 1.54) is 23.9 Å². The van der Waals surface area contributed by atoms with Crippen LogP contribution in [0.15, 0.2) is 23.1 Å². The smallest absolute Gasteiger partial charge is 0.339 e. The molecule has 130 valence electrons. The van der Waals surface area contributed by atoms with Crippen LogP contribution in [0.25, 0.3) is 0 Å². The molecule has 0 aliphatic rings. The predicted octanol–water partition coefficient (Wildman–Crippen LogP) is 2.15. The monoisotopic (exact) mass is 372 g/mol. The van der Waals surface area contributed by atoms with Crippen LogP contribution >= 0.6 is 11.6 Å². The second kappa shape index (κ2) is 6.82. The Hall–Kier alpha value is -2.06. The van der Waals surface area contributed by atoms with Gasteiger partial charge in [0.1, 0.15) is 6.61 Å². The average Bonchev–Trinajstić information content (AvgIpc) is 2.81. The number of hydrogen-bond donors (Lipinski definition) is 0. The Kier molecular flexibility index (Phi) is 5.19. The molecule has 1 heterocycles. The zero-order valence-electron chi connectivity index (χ0n) is 13.7. The Morgan fingerprint density at radius 2 is 2.04 bits per heavy atom. The van der Waals surface area contributed by atoms with Gasteiger partial charge in [0, 0.05) is 24.9 Å². The SMILES string of the molecule is COC(=O)c1ccc(S(C)(=O)=O)c(COc2cc(C)nn2C)c1Cl. The van der Waals surface area contributed by atoms with Crippen molar-refractivity contribution in [1.82, 2.24) is 9.78 Å². The van der Waals surface area contributed by atoms with E-state index in [1.54, 1.807) is 20.0 Å². The van der Waals surface area contributed by atoms with Crippen molar-refractivity contribution in [3.63, 3.8) is 0 Å². The molecule has 0 aliphatic heterocycles. The van der Waals surface area contributed by atoms with Crippen molar-refractivity contribution in [2.45, 2.75) is 18.4 Å². The summed E-state index contributed by atoms with van der Waals surface area (Å²) >= 11 is 6.24. The van der Waals surface area contributed by atoms with Gasteiger partial charge in [0.2, 0.25) is 5.88 Å². The summed E-state index contributed by atoms with van der Waals surface area (Å²) in [5, 5.41) is 4.13.